The van der Waals surface area contributed by atoms with Gasteiger partial charge in [-0.05, 0) is 38.6 Å². The van der Waals surface area contributed by atoms with Crippen LogP contribution in [-0.4, -0.2) is 36.5 Å². The summed E-state index contributed by atoms with van der Waals surface area (Å²) < 4.78 is 0. The monoisotopic (exact) mass is 196 g/mol. The SMILES string of the molecule is CNC1CC(C)CCN(C2CC2)C1=O. The van der Waals surface area contributed by atoms with Gasteiger partial charge >= 0.3 is 0 Å². The Kier molecular flexibility index (Phi) is 2.77. The summed E-state index contributed by atoms with van der Waals surface area (Å²) in [5.74, 6) is 1.000. The molecule has 0 radical (unpaired) electrons. The molecule has 0 aromatic heterocycles. The normalized spacial score (nSPS) is 34.4. The lowest BCUT2D eigenvalue weighted by atomic mass is 10.0. The Morgan fingerprint density at radius 1 is 1.36 bits per heavy atom. The van der Waals surface area contributed by atoms with E-state index in [1.165, 1.54) is 19.3 Å². The van der Waals surface area contributed by atoms with Crippen molar-refractivity contribution in [3.63, 3.8) is 0 Å². The van der Waals surface area contributed by atoms with Gasteiger partial charge in [0, 0.05) is 12.6 Å². The third-order valence-corrected chi connectivity index (χ3v) is 3.42. The van der Waals surface area contributed by atoms with E-state index in [0.29, 0.717) is 17.9 Å². The molecule has 2 fully saturated rings. The minimum atomic E-state index is 0.0631. The number of nitrogens with zero attached hydrogens (tertiary/aromatic N) is 1. The van der Waals surface area contributed by atoms with Gasteiger partial charge in [0.2, 0.25) is 5.91 Å². The van der Waals surface area contributed by atoms with Crippen LogP contribution in [0.2, 0.25) is 0 Å². The van der Waals surface area contributed by atoms with E-state index < -0.39 is 0 Å². The fraction of sp³-hybridized carbons (Fsp3) is 0.909. The Morgan fingerprint density at radius 2 is 2.07 bits per heavy atom. The van der Waals surface area contributed by atoms with Gasteiger partial charge in [0.15, 0.2) is 0 Å². The van der Waals surface area contributed by atoms with E-state index >= 15 is 0 Å². The van der Waals surface area contributed by atoms with Crippen molar-refractivity contribution in [2.45, 2.75) is 44.7 Å². The highest BCUT2D eigenvalue weighted by molar-refractivity contribution is 5.82. The average molecular weight is 196 g/mol. The van der Waals surface area contributed by atoms with Gasteiger partial charge in [0.05, 0.1) is 6.04 Å². The first-order chi connectivity index (χ1) is 6.72. The largest absolute Gasteiger partial charge is 0.338 e. The highest BCUT2D eigenvalue weighted by atomic mass is 16.2. The average Bonchev–Trinajstić information content (AvgIpc) is 2.96. The van der Waals surface area contributed by atoms with Gasteiger partial charge in [0.25, 0.3) is 0 Å². The maximum absolute atomic E-state index is 12.1. The van der Waals surface area contributed by atoms with Crippen LogP contribution in [0.5, 0.6) is 0 Å². The molecule has 2 aliphatic rings. The molecule has 14 heavy (non-hydrogen) atoms. The molecule has 2 atom stereocenters. The lowest BCUT2D eigenvalue weighted by Gasteiger charge is -2.23. The summed E-state index contributed by atoms with van der Waals surface area (Å²) in [6.07, 6.45) is 4.60. The molecule has 0 aromatic rings. The number of hydrogen-bond acceptors (Lipinski definition) is 2. The molecular weight excluding hydrogens is 176 g/mol. The molecule has 1 amide bonds. The highest BCUT2D eigenvalue weighted by Crippen LogP contribution is 2.30. The molecule has 1 aliphatic carbocycles. The van der Waals surface area contributed by atoms with Crippen molar-refractivity contribution in [2.75, 3.05) is 13.6 Å². The van der Waals surface area contributed by atoms with E-state index in [-0.39, 0.29) is 6.04 Å². The second-order valence-corrected chi connectivity index (χ2v) is 4.73. The predicted molar refractivity (Wildman–Crippen MR) is 56.0 cm³/mol. The van der Waals surface area contributed by atoms with Crippen LogP contribution >= 0.6 is 0 Å². The fourth-order valence-corrected chi connectivity index (χ4v) is 2.28. The van der Waals surface area contributed by atoms with Crippen molar-refractivity contribution < 1.29 is 4.79 Å². The Hall–Kier alpha value is -0.570. The molecule has 1 N–H and O–H groups in total. The minimum absolute atomic E-state index is 0.0631. The van der Waals surface area contributed by atoms with E-state index in [4.69, 9.17) is 0 Å². The van der Waals surface area contributed by atoms with Gasteiger partial charge in [-0.25, -0.2) is 0 Å². The van der Waals surface area contributed by atoms with E-state index in [1.807, 2.05) is 7.05 Å². The summed E-state index contributed by atoms with van der Waals surface area (Å²) in [6.45, 7) is 3.22. The Balaban J connectivity index is 2.06. The fourth-order valence-electron chi connectivity index (χ4n) is 2.28. The van der Waals surface area contributed by atoms with E-state index in [1.54, 1.807) is 0 Å². The zero-order chi connectivity index (χ0) is 10.1. The van der Waals surface area contributed by atoms with Gasteiger partial charge in [-0.2, -0.15) is 0 Å². The number of nitrogens with one attached hydrogen (secondary N) is 1. The van der Waals surface area contributed by atoms with Crippen molar-refractivity contribution in [1.82, 2.24) is 10.2 Å². The number of rotatable bonds is 2. The van der Waals surface area contributed by atoms with Crippen LogP contribution in [0.3, 0.4) is 0 Å². The number of carbonyl (C=O) groups excluding carboxylic acids is 1. The summed E-state index contributed by atoms with van der Waals surface area (Å²) >= 11 is 0. The number of likely N-dealkylation sites (N-methyl/N-ethyl adjacent to an activating group) is 1. The molecule has 1 aliphatic heterocycles. The van der Waals surface area contributed by atoms with Crippen molar-refractivity contribution in [3.05, 3.63) is 0 Å². The quantitative estimate of drug-likeness (QED) is 0.714. The Morgan fingerprint density at radius 3 is 2.64 bits per heavy atom. The third kappa shape index (κ3) is 1.92. The van der Waals surface area contributed by atoms with Crippen LogP contribution in [0.1, 0.15) is 32.6 Å². The van der Waals surface area contributed by atoms with Gasteiger partial charge in [-0.15, -0.1) is 0 Å². The lowest BCUT2D eigenvalue weighted by Crippen LogP contribution is -2.45. The summed E-state index contributed by atoms with van der Waals surface area (Å²) in [5, 5.41) is 3.15. The molecule has 3 heteroatoms. The molecule has 1 saturated heterocycles. The maximum atomic E-state index is 12.1. The molecule has 3 nitrogen and oxygen atoms in total. The van der Waals surface area contributed by atoms with Crippen LogP contribution in [0.15, 0.2) is 0 Å². The summed E-state index contributed by atoms with van der Waals surface area (Å²) in [4.78, 5) is 14.2. The van der Waals surface area contributed by atoms with Crippen LogP contribution in [0.25, 0.3) is 0 Å². The smallest absolute Gasteiger partial charge is 0.239 e. The Labute approximate surface area is 85.8 Å². The number of hydrogen-bond donors (Lipinski definition) is 1. The second-order valence-electron chi connectivity index (χ2n) is 4.73. The van der Waals surface area contributed by atoms with Crippen LogP contribution in [0.4, 0.5) is 0 Å². The molecule has 0 bridgehead atoms. The van der Waals surface area contributed by atoms with Crippen molar-refractivity contribution in [2.24, 2.45) is 5.92 Å². The minimum Gasteiger partial charge on any atom is -0.338 e. The van der Waals surface area contributed by atoms with Gasteiger partial charge in [-0.3, -0.25) is 4.79 Å². The van der Waals surface area contributed by atoms with Crippen LogP contribution in [0, 0.1) is 5.92 Å². The number of amides is 1. The summed E-state index contributed by atoms with van der Waals surface area (Å²) in [5.41, 5.74) is 0. The van der Waals surface area contributed by atoms with Gasteiger partial charge < -0.3 is 10.2 Å². The van der Waals surface area contributed by atoms with E-state index in [2.05, 4.69) is 17.1 Å². The van der Waals surface area contributed by atoms with Crippen molar-refractivity contribution in [3.8, 4) is 0 Å². The maximum Gasteiger partial charge on any atom is 0.239 e. The topological polar surface area (TPSA) is 32.3 Å². The Bertz CT molecular complexity index is 225. The first-order valence-corrected chi connectivity index (χ1v) is 5.70. The standard InChI is InChI=1S/C11H20N2O/c1-8-5-6-13(9-3-4-9)11(14)10(7-8)12-2/h8-10,12H,3-7H2,1-2H3. The first-order valence-electron chi connectivity index (χ1n) is 5.70. The lowest BCUT2D eigenvalue weighted by molar-refractivity contribution is -0.133. The predicted octanol–water partition coefficient (Wildman–Crippen LogP) is 0.995. The summed E-state index contributed by atoms with van der Waals surface area (Å²) in [6, 6.07) is 0.636. The van der Waals surface area contributed by atoms with E-state index in [9.17, 15) is 4.79 Å². The number of likely N-dealkylation sites (tertiary alicyclic amines) is 1. The molecule has 80 valence electrons. The molecule has 0 aromatic carbocycles. The van der Waals surface area contributed by atoms with Crippen molar-refractivity contribution >= 4 is 5.91 Å². The molecule has 2 rings (SSSR count). The van der Waals surface area contributed by atoms with Crippen LogP contribution < -0.4 is 5.32 Å². The number of carbonyl (C=O) groups is 1. The first kappa shape index (κ1) is 9.97. The molecular formula is C11H20N2O. The van der Waals surface area contributed by atoms with Gasteiger partial charge in [0.1, 0.15) is 0 Å². The zero-order valence-corrected chi connectivity index (χ0v) is 9.12. The molecule has 1 heterocycles. The second kappa shape index (κ2) is 3.89. The third-order valence-electron chi connectivity index (χ3n) is 3.42. The summed E-state index contributed by atoms with van der Waals surface area (Å²) in [7, 11) is 1.89. The van der Waals surface area contributed by atoms with Gasteiger partial charge in [-0.1, -0.05) is 6.92 Å². The van der Waals surface area contributed by atoms with Crippen molar-refractivity contribution in [1.29, 1.82) is 0 Å². The molecule has 1 saturated carbocycles. The molecule has 0 spiro atoms. The van der Waals surface area contributed by atoms with Crippen LogP contribution in [-0.2, 0) is 4.79 Å². The zero-order valence-electron chi connectivity index (χ0n) is 9.12. The highest BCUT2D eigenvalue weighted by Gasteiger charge is 2.37. The van der Waals surface area contributed by atoms with E-state index in [0.717, 1.165) is 13.0 Å². The molecule has 2 unspecified atom stereocenters.